The average molecular weight is 361 g/mol. The molecule has 0 radical (unpaired) electrons. The van der Waals surface area contributed by atoms with Gasteiger partial charge in [-0.05, 0) is 30.2 Å². The molecule has 0 saturated heterocycles. The van der Waals surface area contributed by atoms with Crippen LogP contribution in [0.5, 0.6) is 0 Å². The first kappa shape index (κ1) is 17.1. The highest BCUT2D eigenvalue weighted by atomic mass is 79.9. The highest BCUT2D eigenvalue weighted by Crippen LogP contribution is 2.36. The van der Waals surface area contributed by atoms with Crippen LogP contribution < -0.4 is 0 Å². The van der Waals surface area contributed by atoms with Crippen molar-refractivity contribution in [2.24, 2.45) is 0 Å². The van der Waals surface area contributed by atoms with Crippen molar-refractivity contribution >= 4 is 22.0 Å². The predicted molar refractivity (Wildman–Crippen MR) is 68.5 cm³/mol. The van der Waals surface area contributed by atoms with Crippen LogP contribution in [0.1, 0.15) is 30.0 Å². The SMILES string of the molecule is CCC(=Cc1cc(C(F)(F)F)cc(C(F)(F)F)c1)CBr. The predicted octanol–water partition coefficient (Wildman–Crippen LogP) is 5.91. The summed E-state index contributed by atoms with van der Waals surface area (Å²) in [6.45, 7) is 1.77. The van der Waals surface area contributed by atoms with Crippen molar-refractivity contribution in [2.45, 2.75) is 25.7 Å². The highest BCUT2D eigenvalue weighted by Gasteiger charge is 2.36. The van der Waals surface area contributed by atoms with Crippen LogP contribution >= 0.6 is 15.9 Å². The summed E-state index contributed by atoms with van der Waals surface area (Å²) in [5.41, 5.74) is -2.01. The molecule has 0 atom stereocenters. The van der Waals surface area contributed by atoms with Gasteiger partial charge in [-0.25, -0.2) is 0 Å². The van der Waals surface area contributed by atoms with Gasteiger partial charge < -0.3 is 0 Å². The van der Waals surface area contributed by atoms with E-state index in [-0.39, 0.29) is 11.6 Å². The van der Waals surface area contributed by atoms with E-state index in [1.807, 2.05) is 0 Å². The van der Waals surface area contributed by atoms with Gasteiger partial charge in [-0.2, -0.15) is 26.3 Å². The van der Waals surface area contributed by atoms with Crippen LogP contribution in [0.2, 0.25) is 0 Å². The molecule has 0 aliphatic carbocycles. The van der Waals surface area contributed by atoms with Crippen LogP contribution in [0.3, 0.4) is 0 Å². The zero-order chi connectivity index (χ0) is 15.6. The van der Waals surface area contributed by atoms with Gasteiger partial charge in [-0.1, -0.05) is 34.5 Å². The van der Waals surface area contributed by atoms with Gasteiger partial charge in [-0.3, -0.25) is 0 Å². The van der Waals surface area contributed by atoms with Crippen molar-refractivity contribution in [1.82, 2.24) is 0 Å². The number of hydrogen-bond acceptors (Lipinski definition) is 0. The van der Waals surface area contributed by atoms with Gasteiger partial charge in [0.2, 0.25) is 0 Å². The van der Waals surface area contributed by atoms with Crippen molar-refractivity contribution in [3.05, 3.63) is 40.5 Å². The van der Waals surface area contributed by atoms with Crippen molar-refractivity contribution < 1.29 is 26.3 Å². The van der Waals surface area contributed by atoms with Crippen LogP contribution in [0, 0.1) is 0 Å². The van der Waals surface area contributed by atoms with Crippen LogP contribution in [0.4, 0.5) is 26.3 Å². The molecular formula is C13H11BrF6. The Bertz CT molecular complexity index is 460. The van der Waals surface area contributed by atoms with Gasteiger partial charge in [0.05, 0.1) is 11.1 Å². The van der Waals surface area contributed by atoms with Gasteiger partial charge in [0.1, 0.15) is 0 Å². The molecule has 1 rings (SSSR count). The summed E-state index contributed by atoms with van der Waals surface area (Å²) < 4.78 is 75.8. The molecule has 112 valence electrons. The first-order chi connectivity index (χ1) is 9.07. The largest absolute Gasteiger partial charge is 0.416 e. The van der Waals surface area contributed by atoms with Gasteiger partial charge in [0.25, 0.3) is 0 Å². The van der Waals surface area contributed by atoms with E-state index < -0.39 is 23.5 Å². The summed E-state index contributed by atoms with van der Waals surface area (Å²) in [6, 6.07) is 1.55. The zero-order valence-corrected chi connectivity index (χ0v) is 12.0. The molecular weight excluding hydrogens is 350 g/mol. The molecule has 0 heterocycles. The fourth-order valence-corrected chi connectivity index (χ4v) is 2.09. The molecule has 0 bridgehead atoms. The van der Waals surface area contributed by atoms with Crippen molar-refractivity contribution in [3.8, 4) is 0 Å². The van der Waals surface area contributed by atoms with E-state index in [1.54, 1.807) is 6.92 Å². The molecule has 0 aliphatic rings. The minimum atomic E-state index is -4.81. The fraction of sp³-hybridized carbons (Fsp3) is 0.385. The normalized spacial score (nSPS) is 13.7. The molecule has 7 heteroatoms. The summed E-state index contributed by atoms with van der Waals surface area (Å²) in [6.07, 6.45) is -7.77. The third-order valence-corrected chi connectivity index (χ3v) is 3.33. The van der Waals surface area contributed by atoms with Gasteiger partial charge in [0.15, 0.2) is 0 Å². The van der Waals surface area contributed by atoms with Crippen LogP contribution in [0.25, 0.3) is 6.08 Å². The Balaban J connectivity index is 3.42. The molecule has 0 nitrogen and oxygen atoms in total. The number of alkyl halides is 7. The highest BCUT2D eigenvalue weighted by molar-refractivity contribution is 9.09. The molecule has 20 heavy (non-hydrogen) atoms. The van der Waals surface area contributed by atoms with Crippen molar-refractivity contribution in [2.75, 3.05) is 5.33 Å². The number of halogens is 7. The van der Waals surface area contributed by atoms with E-state index in [4.69, 9.17) is 0 Å². The number of benzene rings is 1. The third kappa shape index (κ3) is 4.54. The monoisotopic (exact) mass is 360 g/mol. The Hall–Kier alpha value is -0.980. The van der Waals surface area contributed by atoms with Crippen molar-refractivity contribution in [1.29, 1.82) is 0 Å². The topological polar surface area (TPSA) is 0 Å². The second kappa shape index (κ2) is 6.20. The molecule has 1 aromatic carbocycles. The summed E-state index contributed by atoms with van der Waals surface area (Å²) in [5, 5.41) is 0.390. The van der Waals surface area contributed by atoms with Gasteiger partial charge in [-0.15, -0.1) is 0 Å². The van der Waals surface area contributed by atoms with Crippen LogP contribution in [-0.2, 0) is 12.4 Å². The maximum atomic E-state index is 12.6. The second-order valence-corrected chi connectivity index (χ2v) is 4.69. The Kier molecular flexibility index (Phi) is 5.29. The molecule has 0 spiro atoms. The molecule has 0 unspecified atom stereocenters. The second-order valence-electron chi connectivity index (χ2n) is 4.13. The lowest BCUT2D eigenvalue weighted by Crippen LogP contribution is -2.11. The maximum absolute atomic E-state index is 12.6. The van der Waals surface area contributed by atoms with Gasteiger partial charge in [0, 0.05) is 5.33 Å². The standard InChI is InChI=1S/C13H11BrF6/c1-2-8(7-14)3-9-4-10(12(15,16)17)6-11(5-9)13(18,19)20/h3-6H,2,7H2,1H3. The third-order valence-electron chi connectivity index (χ3n) is 2.61. The Morgan fingerprint density at radius 2 is 1.45 bits per heavy atom. The summed E-state index contributed by atoms with van der Waals surface area (Å²) in [5.74, 6) is 0. The minimum Gasteiger partial charge on any atom is -0.166 e. The fourth-order valence-electron chi connectivity index (χ4n) is 1.53. The minimum absolute atomic E-state index is 0.108. The lowest BCUT2D eigenvalue weighted by Gasteiger charge is -2.13. The average Bonchev–Trinajstić information content (AvgIpc) is 2.33. The summed E-state index contributed by atoms with van der Waals surface area (Å²) in [7, 11) is 0. The van der Waals surface area contributed by atoms with E-state index in [1.165, 1.54) is 6.08 Å². The quantitative estimate of drug-likeness (QED) is 0.464. The first-order valence-electron chi connectivity index (χ1n) is 5.62. The smallest absolute Gasteiger partial charge is 0.166 e. The Morgan fingerprint density at radius 1 is 1.00 bits per heavy atom. The lowest BCUT2D eigenvalue weighted by atomic mass is 10.0. The first-order valence-corrected chi connectivity index (χ1v) is 6.75. The Morgan fingerprint density at radius 3 is 1.75 bits per heavy atom. The summed E-state index contributed by atoms with van der Waals surface area (Å²) in [4.78, 5) is 0. The van der Waals surface area contributed by atoms with E-state index >= 15 is 0 Å². The van der Waals surface area contributed by atoms with Crippen LogP contribution in [-0.4, -0.2) is 5.33 Å². The molecule has 0 saturated carbocycles. The molecule has 0 fully saturated rings. The van der Waals surface area contributed by atoms with Gasteiger partial charge >= 0.3 is 12.4 Å². The maximum Gasteiger partial charge on any atom is 0.416 e. The number of hydrogen-bond donors (Lipinski definition) is 0. The summed E-state index contributed by atoms with van der Waals surface area (Å²) >= 11 is 3.14. The van der Waals surface area contributed by atoms with E-state index in [0.717, 1.165) is 0 Å². The lowest BCUT2D eigenvalue weighted by molar-refractivity contribution is -0.143. The van der Waals surface area contributed by atoms with Crippen molar-refractivity contribution in [3.63, 3.8) is 0 Å². The molecule has 0 aromatic heterocycles. The van der Waals surface area contributed by atoms with E-state index in [0.29, 0.717) is 29.5 Å². The number of allylic oxidation sites excluding steroid dienone is 1. The molecule has 1 aromatic rings. The molecule has 0 N–H and O–H groups in total. The van der Waals surface area contributed by atoms with Crippen LogP contribution in [0.15, 0.2) is 23.8 Å². The van der Waals surface area contributed by atoms with E-state index in [9.17, 15) is 26.3 Å². The Labute approximate surface area is 120 Å². The van der Waals surface area contributed by atoms with E-state index in [2.05, 4.69) is 15.9 Å². The molecule has 0 amide bonds. The number of rotatable bonds is 3. The zero-order valence-electron chi connectivity index (χ0n) is 10.4. The molecule has 0 aliphatic heterocycles.